The van der Waals surface area contributed by atoms with Crippen LogP contribution >= 0.6 is 0 Å². The third-order valence-corrected chi connectivity index (χ3v) is 5.95. The Morgan fingerprint density at radius 1 is 1.00 bits per heavy atom. The first-order valence-electron chi connectivity index (χ1n) is 10.8. The number of benzene rings is 2. The van der Waals surface area contributed by atoms with E-state index in [4.69, 9.17) is 18.9 Å². The summed E-state index contributed by atoms with van der Waals surface area (Å²) in [5.41, 5.74) is 3.41. The third kappa shape index (κ3) is 4.83. The molecular weight excluding hydrogens is 408 g/mol. The van der Waals surface area contributed by atoms with Crippen LogP contribution in [-0.2, 0) is 17.8 Å². The zero-order valence-corrected chi connectivity index (χ0v) is 18.9. The highest BCUT2D eigenvalue weighted by atomic mass is 16.5. The minimum atomic E-state index is 0.00748. The van der Waals surface area contributed by atoms with Gasteiger partial charge in [0.05, 0.1) is 27.9 Å². The molecule has 2 aromatic rings. The number of rotatable bonds is 7. The molecule has 1 amide bonds. The number of piperazine rings is 1. The molecule has 0 aliphatic carbocycles. The third-order valence-electron chi connectivity index (χ3n) is 5.95. The lowest BCUT2D eigenvalue weighted by molar-refractivity contribution is -0.127. The first-order valence-corrected chi connectivity index (χ1v) is 10.8. The van der Waals surface area contributed by atoms with Crippen molar-refractivity contribution in [2.75, 3.05) is 54.1 Å². The first kappa shape index (κ1) is 22.0. The van der Waals surface area contributed by atoms with Gasteiger partial charge in [-0.15, -0.1) is 0 Å². The van der Waals surface area contributed by atoms with Gasteiger partial charge >= 0.3 is 0 Å². The normalized spacial score (nSPS) is 16.0. The summed E-state index contributed by atoms with van der Waals surface area (Å²) in [5, 5.41) is 0. The maximum Gasteiger partial charge on any atom is 0.246 e. The topological polar surface area (TPSA) is 60.5 Å². The average Bonchev–Trinajstić information content (AvgIpc) is 3.30. The van der Waals surface area contributed by atoms with Gasteiger partial charge in [0.15, 0.2) is 11.5 Å². The van der Waals surface area contributed by atoms with Crippen molar-refractivity contribution in [3.05, 3.63) is 53.1 Å². The first-order chi connectivity index (χ1) is 15.6. The second kappa shape index (κ2) is 9.96. The van der Waals surface area contributed by atoms with E-state index in [2.05, 4.69) is 23.1 Å². The maximum absolute atomic E-state index is 12.7. The molecule has 1 saturated heterocycles. The molecular formula is C25H30N2O5. The van der Waals surface area contributed by atoms with Crippen molar-refractivity contribution in [2.45, 2.75) is 13.0 Å². The molecule has 7 nitrogen and oxygen atoms in total. The Morgan fingerprint density at radius 3 is 2.38 bits per heavy atom. The Bertz CT molecular complexity index is 971. The summed E-state index contributed by atoms with van der Waals surface area (Å²) >= 11 is 0. The van der Waals surface area contributed by atoms with Gasteiger partial charge in [-0.1, -0.05) is 12.1 Å². The molecule has 2 heterocycles. The quantitative estimate of drug-likeness (QED) is 0.620. The molecule has 170 valence electrons. The van der Waals surface area contributed by atoms with Gasteiger partial charge in [-0.25, -0.2) is 0 Å². The van der Waals surface area contributed by atoms with Gasteiger partial charge in [0.1, 0.15) is 5.75 Å². The van der Waals surface area contributed by atoms with Crippen LogP contribution in [0.2, 0.25) is 0 Å². The summed E-state index contributed by atoms with van der Waals surface area (Å²) in [5.74, 6) is 2.68. The van der Waals surface area contributed by atoms with E-state index in [1.54, 1.807) is 33.5 Å². The molecule has 0 saturated carbocycles. The van der Waals surface area contributed by atoms with Gasteiger partial charge in [0.2, 0.25) is 11.7 Å². The van der Waals surface area contributed by atoms with Crippen LogP contribution in [0.15, 0.2) is 36.4 Å². The highest BCUT2D eigenvalue weighted by Crippen LogP contribution is 2.38. The summed E-state index contributed by atoms with van der Waals surface area (Å²) in [7, 11) is 4.72. The molecule has 0 aromatic heterocycles. The van der Waals surface area contributed by atoms with Crippen LogP contribution in [0.1, 0.15) is 16.7 Å². The fourth-order valence-electron chi connectivity index (χ4n) is 4.19. The molecule has 0 radical (unpaired) electrons. The van der Waals surface area contributed by atoms with Crippen molar-refractivity contribution in [3.63, 3.8) is 0 Å². The Balaban J connectivity index is 1.33. The summed E-state index contributed by atoms with van der Waals surface area (Å²) in [6, 6.07) is 10.1. The molecule has 32 heavy (non-hydrogen) atoms. The minimum absolute atomic E-state index is 0.00748. The molecule has 0 spiro atoms. The highest BCUT2D eigenvalue weighted by Gasteiger charge is 2.21. The van der Waals surface area contributed by atoms with Gasteiger partial charge in [0, 0.05) is 45.2 Å². The van der Waals surface area contributed by atoms with E-state index in [1.165, 1.54) is 11.1 Å². The van der Waals surface area contributed by atoms with Gasteiger partial charge in [-0.3, -0.25) is 9.69 Å². The van der Waals surface area contributed by atoms with Crippen LogP contribution in [0.5, 0.6) is 23.0 Å². The molecule has 2 aliphatic rings. The van der Waals surface area contributed by atoms with Crippen molar-refractivity contribution in [3.8, 4) is 23.0 Å². The molecule has 4 rings (SSSR count). The molecule has 0 unspecified atom stereocenters. The zero-order valence-electron chi connectivity index (χ0n) is 18.9. The van der Waals surface area contributed by atoms with Gasteiger partial charge < -0.3 is 23.8 Å². The fraction of sp³-hybridized carbons (Fsp3) is 0.400. The van der Waals surface area contributed by atoms with Gasteiger partial charge in [-0.2, -0.15) is 0 Å². The SMILES string of the molecule is COc1cc(C=CC(=O)N2CCN(Cc3ccc4c(c3)CCO4)CC2)cc(OC)c1OC. The standard InChI is InChI=1S/C25H30N2O5/c1-29-22-15-18(16-23(30-2)25(22)31-3)5-7-24(28)27-11-9-26(10-12-27)17-19-4-6-21-20(14-19)8-13-32-21/h4-7,14-16H,8-13,17H2,1-3H3. The molecule has 1 fully saturated rings. The molecule has 7 heteroatoms. The summed E-state index contributed by atoms with van der Waals surface area (Å²) in [4.78, 5) is 17.0. The summed E-state index contributed by atoms with van der Waals surface area (Å²) in [6.07, 6.45) is 4.38. The minimum Gasteiger partial charge on any atom is -0.493 e. The Hall–Kier alpha value is -3.19. The number of amides is 1. The van der Waals surface area contributed by atoms with E-state index >= 15 is 0 Å². The highest BCUT2D eigenvalue weighted by molar-refractivity contribution is 5.92. The predicted molar refractivity (Wildman–Crippen MR) is 123 cm³/mol. The van der Waals surface area contributed by atoms with Gasteiger partial charge in [0.25, 0.3) is 0 Å². The van der Waals surface area contributed by atoms with Crippen LogP contribution in [0.3, 0.4) is 0 Å². The molecule has 0 N–H and O–H groups in total. The monoisotopic (exact) mass is 438 g/mol. The van der Waals surface area contributed by atoms with Crippen LogP contribution in [0.25, 0.3) is 6.08 Å². The van der Waals surface area contributed by atoms with E-state index in [0.29, 0.717) is 30.3 Å². The number of methoxy groups -OCH3 is 3. The van der Waals surface area contributed by atoms with E-state index in [-0.39, 0.29) is 5.91 Å². The van der Waals surface area contributed by atoms with E-state index in [1.807, 2.05) is 17.0 Å². The maximum atomic E-state index is 12.7. The smallest absolute Gasteiger partial charge is 0.246 e. The summed E-state index contributed by atoms with van der Waals surface area (Å²) < 4.78 is 21.7. The largest absolute Gasteiger partial charge is 0.493 e. The van der Waals surface area contributed by atoms with E-state index in [9.17, 15) is 4.79 Å². The molecule has 2 aromatic carbocycles. The number of hydrogen-bond donors (Lipinski definition) is 0. The number of hydrogen-bond acceptors (Lipinski definition) is 6. The average molecular weight is 439 g/mol. The van der Waals surface area contributed by atoms with Crippen molar-refractivity contribution in [1.29, 1.82) is 0 Å². The zero-order chi connectivity index (χ0) is 22.5. The number of carbonyl (C=O) groups excluding carboxylic acids is 1. The lowest BCUT2D eigenvalue weighted by atomic mass is 10.1. The van der Waals surface area contributed by atoms with Crippen LogP contribution in [0, 0.1) is 0 Å². The second-order valence-corrected chi connectivity index (χ2v) is 7.93. The van der Waals surface area contributed by atoms with Crippen molar-refractivity contribution in [2.24, 2.45) is 0 Å². The van der Waals surface area contributed by atoms with E-state index < -0.39 is 0 Å². The summed E-state index contributed by atoms with van der Waals surface area (Å²) in [6.45, 7) is 4.83. The fourth-order valence-corrected chi connectivity index (χ4v) is 4.19. The molecule has 0 bridgehead atoms. The van der Waals surface area contributed by atoms with Crippen LogP contribution in [0.4, 0.5) is 0 Å². The van der Waals surface area contributed by atoms with Crippen molar-refractivity contribution < 1.29 is 23.7 Å². The Morgan fingerprint density at radius 2 is 1.72 bits per heavy atom. The number of fused-ring (bicyclic) bond motifs is 1. The predicted octanol–water partition coefficient (Wildman–Crippen LogP) is 3.00. The second-order valence-electron chi connectivity index (χ2n) is 7.93. The number of carbonyl (C=O) groups is 1. The van der Waals surface area contributed by atoms with E-state index in [0.717, 1.165) is 44.0 Å². The van der Waals surface area contributed by atoms with Crippen LogP contribution in [-0.4, -0.2) is 69.8 Å². The number of nitrogens with zero attached hydrogens (tertiary/aromatic N) is 2. The number of ether oxygens (including phenoxy) is 4. The molecule has 0 atom stereocenters. The Labute approximate surface area is 189 Å². The van der Waals surface area contributed by atoms with Gasteiger partial charge in [-0.05, 0) is 41.0 Å². The van der Waals surface area contributed by atoms with Crippen LogP contribution < -0.4 is 18.9 Å². The van der Waals surface area contributed by atoms with Crippen molar-refractivity contribution >= 4 is 12.0 Å². The molecule has 2 aliphatic heterocycles. The lowest BCUT2D eigenvalue weighted by Crippen LogP contribution is -2.47. The lowest BCUT2D eigenvalue weighted by Gasteiger charge is -2.34. The Kier molecular flexibility index (Phi) is 6.85. The van der Waals surface area contributed by atoms with Crippen molar-refractivity contribution in [1.82, 2.24) is 9.80 Å².